The van der Waals surface area contributed by atoms with Gasteiger partial charge in [0.05, 0.1) is 19.2 Å². The van der Waals surface area contributed by atoms with Gasteiger partial charge in [-0.2, -0.15) is 0 Å². The van der Waals surface area contributed by atoms with Gasteiger partial charge in [0.25, 0.3) is 5.56 Å². The van der Waals surface area contributed by atoms with E-state index in [2.05, 4.69) is 0 Å². The fraction of sp³-hybridized carbons (Fsp3) is 0.160. The Balaban J connectivity index is 1.69. The van der Waals surface area contributed by atoms with Crippen LogP contribution in [0.3, 0.4) is 0 Å². The average molecular weight is 419 g/mol. The summed E-state index contributed by atoms with van der Waals surface area (Å²) >= 11 is 0. The first-order chi connectivity index (χ1) is 15.1. The van der Waals surface area contributed by atoms with E-state index in [1.165, 1.54) is 16.7 Å². The number of fused-ring (bicyclic) bond motifs is 1. The van der Waals surface area contributed by atoms with Gasteiger partial charge in [-0.25, -0.2) is 4.39 Å². The van der Waals surface area contributed by atoms with Gasteiger partial charge in [0, 0.05) is 17.5 Å². The molecule has 1 aromatic heterocycles. The van der Waals surface area contributed by atoms with Crippen molar-refractivity contribution >= 4 is 10.9 Å². The molecule has 31 heavy (non-hydrogen) atoms. The second-order valence-electron chi connectivity index (χ2n) is 7.15. The van der Waals surface area contributed by atoms with Crippen LogP contribution in [0.5, 0.6) is 11.5 Å². The number of para-hydroxylation sites is 1. The van der Waals surface area contributed by atoms with E-state index in [-0.39, 0.29) is 24.5 Å². The van der Waals surface area contributed by atoms with E-state index in [0.717, 1.165) is 16.5 Å². The first kappa shape index (κ1) is 20.6. The maximum atomic E-state index is 13.8. The lowest BCUT2D eigenvalue weighted by Gasteiger charge is -2.18. The minimum atomic E-state index is -1.02. The highest BCUT2D eigenvalue weighted by molar-refractivity contribution is 5.95. The predicted octanol–water partition coefficient (Wildman–Crippen LogP) is 4.26. The zero-order valence-electron chi connectivity index (χ0n) is 17.0. The van der Waals surface area contributed by atoms with Crippen molar-refractivity contribution in [1.82, 2.24) is 4.57 Å². The van der Waals surface area contributed by atoms with Crippen LogP contribution in [0.25, 0.3) is 22.0 Å². The summed E-state index contributed by atoms with van der Waals surface area (Å²) in [7, 11) is 1.56. The fourth-order valence-electron chi connectivity index (χ4n) is 3.54. The van der Waals surface area contributed by atoms with E-state index in [4.69, 9.17) is 9.47 Å². The standard InChI is InChI=1S/C25H22FNO4/c1-30-19-11-12-20-21(17-7-3-2-4-8-17)14-25(29)27(23(20)13-19)15-18(28)16-31-24-10-6-5-9-22(24)26/h2-14,18,28H,15-16H2,1H3/t18-/m0/s1. The number of nitrogens with zero attached hydrogens (tertiary/aromatic N) is 1. The molecule has 158 valence electrons. The summed E-state index contributed by atoms with van der Waals surface area (Å²) in [6.45, 7) is -0.161. The fourth-order valence-corrected chi connectivity index (χ4v) is 3.54. The molecule has 0 amide bonds. The quantitative estimate of drug-likeness (QED) is 0.486. The normalized spacial score (nSPS) is 12.0. The van der Waals surface area contributed by atoms with Crippen LogP contribution >= 0.6 is 0 Å². The van der Waals surface area contributed by atoms with Gasteiger partial charge in [-0.3, -0.25) is 4.79 Å². The lowest BCUT2D eigenvalue weighted by atomic mass is 10.0. The van der Waals surface area contributed by atoms with Crippen molar-refractivity contribution in [3.05, 3.63) is 95.0 Å². The third-order valence-corrected chi connectivity index (χ3v) is 5.07. The number of ether oxygens (including phenoxy) is 2. The zero-order valence-corrected chi connectivity index (χ0v) is 17.0. The molecule has 4 rings (SSSR count). The van der Waals surface area contributed by atoms with Crippen LogP contribution in [0, 0.1) is 5.82 Å². The first-order valence-electron chi connectivity index (χ1n) is 9.89. The van der Waals surface area contributed by atoms with Gasteiger partial charge in [-0.1, -0.05) is 42.5 Å². The number of benzene rings is 3. The van der Waals surface area contributed by atoms with Crippen LogP contribution in [-0.4, -0.2) is 29.5 Å². The molecule has 0 fully saturated rings. The maximum Gasteiger partial charge on any atom is 0.251 e. The first-order valence-corrected chi connectivity index (χ1v) is 9.89. The summed E-state index contributed by atoms with van der Waals surface area (Å²) in [5, 5.41) is 11.4. The van der Waals surface area contributed by atoms with Gasteiger partial charge in [-0.15, -0.1) is 0 Å². The molecule has 0 bridgehead atoms. The number of aliphatic hydroxyl groups excluding tert-OH is 1. The highest BCUT2D eigenvalue weighted by Gasteiger charge is 2.15. The van der Waals surface area contributed by atoms with Gasteiger partial charge in [0.2, 0.25) is 0 Å². The summed E-state index contributed by atoms with van der Waals surface area (Å²) in [6.07, 6.45) is -1.02. The molecule has 0 saturated carbocycles. The van der Waals surface area contributed by atoms with Crippen LogP contribution in [0.4, 0.5) is 4.39 Å². The Labute approximate surface area is 178 Å². The van der Waals surface area contributed by atoms with Crippen LogP contribution in [0.2, 0.25) is 0 Å². The smallest absolute Gasteiger partial charge is 0.251 e. The van der Waals surface area contributed by atoms with E-state index in [1.807, 2.05) is 42.5 Å². The molecule has 6 heteroatoms. The molecule has 1 atom stereocenters. The monoisotopic (exact) mass is 419 g/mol. The Morgan fingerprint density at radius 2 is 1.74 bits per heavy atom. The van der Waals surface area contributed by atoms with Gasteiger partial charge < -0.3 is 19.1 Å². The molecule has 0 saturated heterocycles. The molecule has 0 radical (unpaired) electrons. The summed E-state index contributed by atoms with van der Waals surface area (Å²) in [4.78, 5) is 13.0. The Kier molecular flexibility index (Phi) is 6.00. The Morgan fingerprint density at radius 1 is 1.00 bits per heavy atom. The molecule has 5 nitrogen and oxygen atoms in total. The topological polar surface area (TPSA) is 60.7 Å². The maximum absolute atomic E-state index is 13.8. The summed E-state index contributed by atoms with van der Waals surface area (Å²) < 4.78 is 26.0. The molecule has 3 aromatic carbocycles. The second-order valence-corrected chi connectivity index (χ2v) is 7.15. The summed E-state index contributed by atoms with van der Waals surface area (Å²) in [5.41, 5.74) is 2.10. The number of hydrogen-bond donors (Lipinski definition) is 1. The number of rotatable bonds is 7. The van der Waals surface area contributed by atoms with Crippen LogP contribution in [0.1, 0.15) is 0 Å². The highest BCUT2D eigenvalue weighted by Crippen LogP contribution is 2.29. The zero-order chi connectivity index (χ0) is 21.8. The van der Waals surface area contributed by atoms with E-state index in [1.54, 1.807) is 31.4 Å². The van der Waals surface area contributed by atoms with Crippen molar-refractivity contribution in [2.24, 2.45) is 0 Å². The highest BCUT2D eigenvalue weighted by atomic mass is 19.1. The Bertz CT molecular complexity index is 1250. The number of halogens is 1. The van der Waals surface area contributed by atoms with Gasteiger partial charge in [0.15, 0.2) is 11.6 Å². The van der Waals surface area contributed by atoms with Crippen molar-refractivity contribution < 1.29 is 19.0 Å². The third kappa shape index (κ3) is 4.44. The van der Waals surface area contributed by atoms with E-state index < -0.39 is 11.9 Å². The van der Waals surface area contributed by atoms with Gasteiger partial charge >= 0.3 is 0 Å². The van der Waals surface area contributed by atoms with E-state index in [0.29, 0.717) is 11.3 Å². The Hall–Kier alpha value is -3.64. The van der Waals surface area contributed by atoms with Crippen LogP contribution in [0.15, 0.2) is 83.7 Å². The lowest BCUT2D eigenvalue weighted by molar-refractivity contribution is 0.0907. The number of methoxy groups -OCH3 is 1. The predicted molar refractivity (Wildman–Crippen MR) is 118 cm³/mol. The number of hydrogen-bond acceptors (Lipinski definition) is 4. The summed E-state index contributed by atoms with van der Waals surface area (Å²) in [6, 6.07) is 22.7. The molecule has 0 aliphatic carbocycles. The van der Waals surface area contributed by atoms with Crippen molar-refractivity contribution in [2.75, 3.05) is 13.7 Å². The van der Waals surface area contributed by atoms with Crippen molar-refractivity contribution in [3.63, 3.8) is 0 Å². The largest absolute Gasteiger partial charge is 0.497 e. The van der Waals surface area contributed by atoms with Gasteiger partial charge in [0.1, 0.15) is 18.5 Å². The molecule has 1 N–H and O–H groups in total. The minimum Gasteiger partial charge on any atom is -0.497 e. The molecule has 0 aliphatic heterocycles. The molecule has 0 spiro atoms. The lowest BCUT2D eigenvalue weighted by Crippen LogP contribution is -2.30. The molecular weight excluding hydrogens is 397 g/mol. The van der Waals surface area contributed by atoms with Crippen molar-refractivity contribution in [2.45, 2.75) is 12.6 Å². The van der Waals surface area contributed by atoms with E-state index in [9.17, 15) is 14.3 Å². The number of aliphatic hydroxyl groups is 1. The molecule has 4 aromatic rings. The number of aromatic nitrogens is 1. The summed E-state index contributed by atoms with van der Waals surface area (Å²) in [5.74, 6) is 0.150. The molecular formula is C25H22FNO4. The second kappa shape index (κ2) is 9.02. The third-order valence-electron chi connectivity index (χ3n) is 5.07. The number of pyridine rings is 1. The van der Waals surface area contributed by atoms with E-state index >= 15 is 0 Å². The van der Waals surface area contributed by atoms with Crippen molar-refractivity contribution in [3.8, 4) is 22.6 Å². The molecule has 0 aliphatic rings. The molecule has 1 heterocycles. The van der Waals surface area contributed by atoms with Crippen LogP contribution < -0.4 is 15.0 Å². The van der Waals surface area contributed by atoms with Crippen molar-refractivity contribution in [1.29, 1.82) is 0 Å². The Morgan fingerprint density at radius 3 is 2.48 bits per heavy atom. The van der Waals surface area contributed by atoms with Crippen LogP contribution in [-0.2, 0) is 6.54 Å². The SMILES string of the molecule is COc1ccc2c(-c3ccccc3)cc(=O)n(C[C@H](O)COc3ccccc3F)c2c1. The average Bonchev–Trinajstić information content (AvgIpc) is 2.80. The molecule has 0 unspecified atom stereocenters. The minimum absolute atomic E-state index is 0.00791. The van der Waals surface area contributed by atoms with Gasteiger partial charge in [-0.05, 0) is 35.4 Å².